The number of para-hydroxylation sites is 2. The van der Waals surface area contributed by atoms with E-state index in [1.807, 2.05) is 127 Å². The van der Waals surface area contributed by atoms with Crippen molar-refractivity contribution in [3.05, 3.63) is 223 Å². The van der Waals surface area contributed by atoms with Crippen LogP contribution in [-0.4, -0.2) is 32.8 Å². The number of pyridine rings is 2. The molecule has 8 aromatic carbocycles. The zero-order chi connectivity index (χ0) is 53.1. The molecule has 0 aliphatic rings. The summed E-state index contributed by atoms with van der Waals surface area (Å²) in [5.41, 5.74) is 9.58. The fourth-order valence-electron chi connectivity index (χ4n) is 9.07. The molecule has 0 amide bonds. The van der Waals surface area contributed by atoms with Gasteiger partial charge in [0.1, 0.15) is 10.6 Å². The predicted molar refractivity (Wildman–Crippen MR) is 291 cm³/mol. The van der Waals surface area contributed by atoms with Crippen LogP contribution < -0.4 is 4.40 Å². The summed E-state index contributed by atoms with van der Waals surface area (Å²) in [7, 11) is 0. The normalized spacial score (nSPS) is 13.1. The Hall–Kier alpha value is -6.94. The van der Waals surface area contributed by atoms with E-state index >= 15 is 4.39 Å². The van der Waals surface area contributed by atoms with Crippen LogP contribution in [0.2, 0.25) is 17.3 Å². The number of aromatic nitrogens is 4. The molecule has 0 spiro atoms. The molecule has 0 saturated heterocycles. The molecule has 4 aromatic heterocycles. The molecule has 1 radical (unpaired) electrons. The molecule has 0 saturated carbocycles. The summed E-state index contributed by atoms with van der Waals surface area (Å²) in [5, 5.41) is 3.37. The van der Waals surface area contributed by atoms with Crippen molar-refractivity contribution in [2.24, 2.45) is 0 Å². The quantitative estimate of drug-likeness (QED) is 0.118. The molecule has 0 fully saturated rings. The Kier molecular flexibility index (Phi) is 11.3. The Balaban J connectivity index is 0.000000205. The van der Waals surface area contributed by atoms with Crippen molar-refractivity contribution in [1.82, 2.24) is 19.5 Å². The molecular formula is C62H46F2GeIrN4S-2. The summed E-state index contributed by atoms with van der Waals surface area (Å²) in [6.45, 7) is -4.37. The zero-order valence-corrected chi connectivity index (χ0v) is 44.0. The van der Waals surface area contributed by atoms with Crippen LogP contribution in [-0.2, 0) is 20.1 Å². The molecule has 4 nitrogen and oxygen atoms in total. The molecule has 0 aliphatic heterocycles. The summed E-state index contributed by atoms with van der Waals surface area (Å²) in [4.78, 5) is 15.6. The van der Waals surface area contributed by atoms with Crippen LogP contribution in [0.5, 0.6) is 0 Å². The van der Waals surface area contributed by atoms with E-state index in [0.29, 0.717) is 39.2 Å². The number of aryl methyl sites for hydroxylation is 2. The molecule has 9 heteroatoms. The second-order valence-corrected chi connectivity index (χ2v) is 29.7. The van der Waals surface area contributed by atoms with Crippen LogP contribution in [0, 0.1) is 37.5 Å². The Labute approximate surface area is 440 Å². The first-order valence-corrected chi connectivity index (χ1v) is 31.0. The number of rotatable bonds is 7. The number of nitrogens with zero attached hydrogens (tertiary/aromatic N) is 4. The van der Waals surface area contributed by atoms with Crippen molar-refractivity contribution < 1.29 is 37.1 Å². The molecule has 0 atom stereocenters. The average molecular weight is 1190 g/mol. The van der Waals surface area contributed by atoms with Gasteiger partial charge in [-0.05, 0) is 46.8 Å². The van der Waals surface area contributed by atoms with Gasteiger partial charge < -0.3 is 4.57 Å². The Morgan fingerprint density at radius 2 is 1.31 bits per heavy atom. The van der Waals surface area contributed by atoms with E-state index in [9.17, 15) is 4.39 Å². The maximum atomic E-state index is 15.8. The molecular weight excluding hydrogens is 1140 g/mol. The summed E-state index contributed by atoms with van der Waals surface area (Å²) >= 11 is -0.837. The van der Waals surface area contributed by atoms with Crippen molar-refractivity contribution >= 4 is 71.1 Å². The number of halogens is 2. The molecule has 0 N–H and O–H groups in total. The van der Waals surface area contributed by atoms with Crippen LogP contribution in [0.3, 0.4) is 0 Å². The van der Waals surface area contributed by atoms with Crippen molar-refractivity contribution in [1.29, 1.82) is 0 Å². The monoisotopic (exact) mass is 1190 g/mol. The minimum Gasteiger partial charge on any atom is -0.332 e. The Bertz CT molecular complexity index is 4160. The molecule has 12 rings (SSSR count). The van der Waals surface area contributed by atoms with Crippen LogP contribution in [0.4, 0.5) is 8.78 Å². The number of hydrogen-bond donors (Lipinski definition) is 0. The van der Waals surface area contributed by atoms with Crippen LogP contribution >= 0.6 is 11.3 Å². The van der Waals surface area contributed by atoms with E-state index in [1.165, 1.54) is 6.07 Å². The van der Waals surface area contributed by atoms with Crippen molar-refractivity contribution in [3.63, 3.8) is 0 Å². The first-order valence-electron chi connectivity index (χ1n) is 25.8. The summed E-state index contributed by atoms with van der Waals surface area (Å²) in [5.74, 6) is 6.48. The molecule has 0 unspecified atom stereocenters. The van der Waals surface area contributed by atoms with E-state index < -0.39 is 27.0 Å². The largest absolute Gasteiger partial charge is 0.332 e. The number of thiophene rings is 1. The minimum atomic E-state index is -2.41. The maximum absolute atomic E-state index is 15.8. The summed E-state index contributed by atoms with van der Waals surface area (Å²) in [6, 6.07) is 62.3. The minimum absolute atomic E-state index is 0. The summed E-state index contributed by atoms with van der Waals surface area (Å²) < 4.78 is 81.0. The van der Waals surface area contributed by atoms with E-state index in [2.05, 4.69) is 57.2 Å². The van der Waals surface area contributed by atoms with Gasteiger partial charge in [-0.1, -0.05) is 114 Å². The van der Waals surface area contributed by atoms with Gasteiger partial charge >= 0.3 is 150 Å². The van der Waals surface area contributed by atoms with Gasteiger partial charge in [-0.15, -0.1) is 18.2 Å². The van der Waals surface area contributed by atoms with E-state index in [4.69, 9.17) is 18.2 Å². The maximum Gasteiger partial charge on any atom is 0.131 e. The van der Waals surface area contributed by atoms with Gasteiger partial charge in [0.05, 0.1) is 28.2 Å². The molecule has 0 bridgehead atoms. The van der Waals surface area contributed by atoms with Crippen molar-refractivity contribution in [2.45, 2.75) is 31.0 Å². The second-order valence-electron chi connectivity index (χ2n) is 18.1. The first kappa shape index (κ1) is 40.8. The number of fused-ring (bicyclic) bond motifs is 5. The Morgan fingerprint density at radius 1 is 0.606 bits per heavy atom. The number of benzene rings is 8. The van der Waals surface area contributed by atoms with Gasteiger partial charge in [0.15, 0.2) is 0 Å². The van der Waals surface area contributed by atoms with Gasteiger partial charge in [0.2, 0.25) is 0 Å². The number of hydrogen-bond acceptors (Lipinski definition) is 4. The molecule has 12 aromatic rings. The smallest absolute Gasteiger partial charge is 0.131 e. The van der Waals surface area contributed by atoms with Gasteiger partial charge in [0.25, 0.3) is 0 Å². The first-order chi connectivity index (χ1) is 36.4. The topological polar surface area (TPSA) is 43.6 Å². The van der Waals surface area contributed by atoms with Crippen molar-refractivity contribution in [3.8, 4) is 61.8 Å². The SMILES string of the molecule is [2H]C([2H])([2H])c1cc(-c2[c-]cc(F)c(-c3ccccc3)c2)nc[c]1[Ge]([CH3])([CH3])[CH3].[2H]C([2H])([2H])c1ccc(-c2ccc3c(n2)sc2c(-c4nc5ccccc5n4-c4c(-c5ccccc5)cc(F)c5ccccc45)[c-]ccc23)cc1.[Ir]. The van der Waals surface area contributed by atoms with Crippen molar-refractivity contribution in [2.75, 3.05) is 0 Å². The average Bonchev–Trinajstić information content (AvgIpc) is 4.07. The third-order valence-corrected chi connectivity index (χ3v) is 17.9. The third-order valence-electron chi connectivity index (χ3n) is 12.5. The molecule has 0 aliphatic carbocycles. The van der Waals surface area contributed by atoms with Crippen LogP contribution in [0.15, 0.2) is 188 Å². The predicted octanol–water partition coefficient (Wildman–Crippen LogP) is 16.4. The second kappa shape index (κ2) is 19.7. The van der Waals surface area contributed by atoms with Gasteiger partial charge in [-0.2, -0.15) is 11.3 Å². The van der Waals surface area contributed by atoms with Gasteiger partial charge in [0, 0.05) is 46.1 Å². The zero-order valence-electron chi connectivity index (χ0n) is 44.7. The Morgan fingerprint density at radius 3 is 2.04 bits per heavy atom. The molecule has 71 heavy (non-hydrogen) atoms. The molecule has 4 heterocycles. The third kappa shape index (κ3) is 9.18. The van der Waals surface area contributed by atoms with Gasteiger partial charge in [-0.3, -0.25) is 4.98 Å². The van der Waals surface area contributed by atoms with E-state index in [-0.39, 0.29) is 31.7 Å². The van der Waals surface area contributed by atoms with Crippen LogP contribution in [0.25, 0.3) is 104 Å². The fraction of sp³-hybridized carbons (Fsp3) is 0.0806. The van der Waals surface area contributed by atoms with E-state index in [0.717, 1.165) is 80.3 Å². The fourth-order valence-corrected chi connectivity index (χ4v) is 13.0. The summed E-state index contributed by atoms with van der Waals surface area (Å²) in [6.07, 6.45) is 1.69. The molecule has 349 valence electrons. The van der Waals surface area contributed by atoms with Crippen LogP contribution in [0.1, 0.15) is 19.4 Å². The standard InChI is InChI=1S/C41H25FN3S.C21H21FGeN.Ir/c1-25-18-20-27(21-19-25)35-23-22-31-30-14-9-15-32(39(30)46-41(31)44-35)40-43-36-16-7-8-17-37(36)45(40)38-29-13-6-5-12-28(29)34(42)24-33(38)26-10-3-2-4-11-26;1-15-12-21(24-14-20(15)23(2,3)4)17-10-11-19(22)18(13-17)16-8-6-5-7-9-16;/h2-14,16-24H,1H3;5-9,11-14H,1-4H3;/q2*-1;/i2*1D3;. The van der Waals surface area contributed by atoms with E-state index in [1.54, 1.807) is 47.9 Å². The van der Waals surface area contributed by atoms with Gasteiger partial charge in [-0.25, -0.2) is 9.37 Å². The number of imidazole rings is 1.